The van der Waals surface area contributed by atoms with Crippen LogP contribution in [0, 0.1) is 0 Å². The van der Waals surface area contributed by atoms with Crippen LogP contribution in [0.1, 0.15) is 44.9 Å². The molecule has 1 saturated carbocycles. The molecule has 29 heavy (non-hydrogen) atoms. The van der Waals surface area contributed by atoms with Crippen molar-refractivity contribution in [3.63, 3.8) is 0 Å². The van der Waals surface area contributed by atoms with Crippen molar-refractivity contribution in [2.45, 2.75) is 57.0 Å². The maximum atomic E-state index is 12.9. The standard InChI is InChI=1S/C22H29N5O2/c1-29-19-12-6-5-10-17(19)25-20-13-14-23-22(26-20)27-15-7-11-18(27)21(28)24-16-8-3-2-4-9-16/h5-6,10,12-14,16,18H,2-4,7-9,11,15H2,1H3,(H,24,28)(H,23,25,26)/t18-/m0/s1. The van der Waals surface area contributed by atoms with Crippen LogP contribution in [0.4, 0.5) is 17.5 Å². The van der Waals surface area contributed by atoms with Gasteiger partial charge in [-0.1, -0.05) is 31.4 Å². The lowest BCUT2D eigenvalue weighted by Gasteiger charge is -2.28. The summed E-state index contributed by atoms with van der Waals surface area (Å²) in [4.78, 5) is 24.1. The van der Waals surface area contributed by atoms with E-state index in [1.165, 1.54) is 19.3 Å². The van der Waals surface area contributed by atoms with Crippen molar-refractivity contribution < 1.29 is 9.53 Å². The van der Waals surface area contributed by atoms with Gasteiger partial charge < -0.3 is 20.3 Å². The molecule has 2 aromatic rings. The molecule has 0 radical (unpaired) electrons. The highest BCUT2D eigenvalue weighted by molar-refractivity contribution is 5.85. The topological polar surface area (TPSA) is 79.4 Å². The van der Waals surface area contributed by atoms with E-state index in [2.05, 4.69) is 20.6 Å². The summed E-state index contributed by atoms with van der Waals surface area (Å²) in [6.45, 7) is 0.793. The number of para-hydroxylation sites is 2. The maximum absolute atomic E-state index is 12.9. The first kappa shape index (κ1) is 19.5. The number of rotatable bonds is 6. The smallest absolute Gasteiger partial charge is 0.243 e. The van der Waals surface area contributed by atoms with Crippen LogP contribution in [0.15, 0.2) is 36.5 Å². The van der Waals surface area contributed by atoms with E-state index in [4.69, 9.17) is 4.74 Å². The average molecular weight is 396 g/mol. The average Bonchev–Trinajstić information content (AvgIpc) is 3.25. The molecule has 1 aromatic heterocycles. The molecule has 7 nitrogen and oxygen atoms in total. The highest BCUT2D eigenvalue weighted by atomic mass is 16.5. The number of benzene rings is 1. The number of amides is 1. The summed E-state index contributed by atoms with van der Waals surface area (Å²) in [7, 11) is 1.64. The van der Waals surface area contributed by atoms with Gasteiger partial charge in [0.1, 0.15) is 17.6 Å². The first-order valence-electron chi connectivity index (χ1n) is 10.5. The number of aromatic nitrogens is 2. The molecule has 2 fully saturated rings. The molecule has 0 unspecified atom stereocenters. The number of anilines is 3. The summed E-state index contributed by atoms with van der Waals surface area (Å²) in [5, 5.41) is 6.56. The minimum Gasteiger partial charge on any atom is -0.495 e. The zero-order valence-electron chi connectivity index (χ0n) is 16.9. The van der Waals surface area contributed by atoms with Gasteiger partial charge >= 0.3 is 0 Å². The van der Waals surface area contributed by atoms with Crippen LogP contribution in [-0.4, -0.2) is 41.6 Å². The number of ether oxygens (including phenoxy) is 1. The Labute approximate surface area is 171 Å². The molecule has 4 rings (SSSR count). The van der Waals surface area contributed by atoms with E-state index in [9.17, 15) is 4.79 Å². The molecular weight excluding hydrogens is 366 g/mol. The van der Waals surface area contributed by atoms with Gasteiger partial charge in [0.15, 0.2) is 0 Å². The van der Waals surface area contributed by atoms with Gasteiger partial charge in [-0.15, -0.1) is 0 Å². The molecule has 1 aliphatic heterocycles. The van der Waals surface area contributed by atoms with Crippen molar-refractivity contribution in [1.29, 1.82) is 0 Å². The van der Waals surface area contributed by atoms with E-state index in [0.717, 1.165) is 43.7 Å². The third-order valence-electron chi connectivity index (χ3n) is 5.78. The summed E-state index contributed by atoms with van der Waals surface area (Å²) in [6, 6.07) is 9.65. The lowest BCUT2D eigenvalue weighted by molar-refractivity contribution is -0.123. The Bertz CT molecular complexity index is 837. The molecule has 1 saturated heterocycles. The molecule has 1 amide bonds. The van der Waals surface area contributed by atoms with Gasteiger partial charge in [-0.05, 0) is 43.9 Å². The number of carbonyl (C=O) groups is 1. The number of nitrogens with one attached hydrogen (secondary N) is 2. The van der Waals surface area contributed by atoms with E-state index in [0.29, 0.717) is 17.8 Å². The lowest BCUT2D eigenvalue weighted by atomic mass is 9.95. The molecular formula is C22H29N5O2. The van der Waals surface area contributed by atoms with Crippen molar-refractivity contribution in [3.05, 3.63) is 36.5 Å². The SMILES string of the molecule is COc1ccccc1Nc1ccnc(N2CCC[C@H]2C(=O)NC2CCCCC2)n1. The first-order chi connectivity index (χ1) is 14.2. The molecule has 1 aromatic carbocycles. The monoisotopic (exact) mass is 395 g/mol. The highest BCUT2D eigenvalue weighted by Crippen LogP contribution is 2.28. The number of hydrogen-bond acceptors (Lipinski definition) is 6. The van der Waals surface area contributed by atoms with Gasteiger partial charge in [0.25, 0.3) is 0 Å². The zero-order chi connectivity index (χ0) is 20.1. The number of carbonyl (C=O) groups excluding carboxylic acids is 1. The summed E-state index contributed by atoms with van der Waals surface area (Å²) in [5.74, 6) is 2.13. The first-order valence-corrected chi connectivity index (χ1v) is 10.5. The summed E-state index contributed by atoms with van der Waals surface area (Å²) < 4.78 is 5.40. The van der Waals surface area contributed by atoms with Crippen LogP contribution < -0.4 is 20.3 Å². The molecule has 0 bridgehead atoms. The fourth-order valence-electron chi connectivity index (χ4n) is 4.27. The normalized spacial score (nSPS) is 19.8. The van der Waals surface area contributed by atoms with Gasteiger partial charge in [-0.25, -0.2) is 4.98 Å². The largest absolute Gasteiger partial charge is 0.495 e. The Morgan fingerprint density at radius 2 is 1.93 bits per heavy atom. The summed E-state index contributed by atoms with van der Waals surface area (Å²) in [6.07, 6.45) is 9.41. The second-order valence-electron chi connectivity index (χ2n) is 7.76. The number of hydrogen-bond donors (Lipinski definition) is 2. The quantitative estimate of drug-likeness (QED) is 0.777. The van der Waals surface area contributed by atoms with Crippen LogP contribution in [-0.2, 0) is 4.79 Å². The minimum absolute atomic E-state index is 0.112. The molecule has 154 valence electrons. The van der Waals surface area contributed by atoms with Crippen LogP contribution in [0.5, 0.6) is 5.75 Å². The molecule has 2 heterocycles. The Hall–Kier alpha value is -2.83. The van der Waals surface area contributed by atoms with Gasteiger partial charge in [0, 0.05) is 18.8 Å². The van der Waals surface area contributed by atoms with Gasteiger partial charge in [-0.2, -0.15) is 4.98 Å². The van der Waals surface area contributed by atoms with Crippen molar-refractivity contribution in [2.24, 2.45) is 0 Å². The minimum atomic E-state index is -0.196. The Kier molecular flexibility index (Phi) is 6.12. The molecule has 0 spiro atoms. The predicted molar refractivity (Wildman–Crippen MR) is 114 cm³/mol. The second-order valence-corrected chi connectivity index (χ2v) is 7.76. The molecule has 1 atom stereocenters. The van der Waals surface area contributed by atoms with Gasteiger partial charge in [0.2, 0.25) is 11.9 Å². The van der Waals surface area contributed by atoms with Gasteiger partial charge in [0.05, 0.1) is 12.8 Å². The zero-order valence-corrected chi connectivity index (χ0v) is 16.9. The van der Waals surface area contributed by atoms with E-state index in [1.807, 2.05) is 35.2 Å². The molecule has 2 N–H and O–H groups in total. The van der Waals surface area contributed by atoms with Crippen LogP contribution in [0.3, 0.4) is 0 Å². The predicted octanol–water partition coefficient (Wildman–Crippen LogP) is 3.65. The van der Waals surface area contributed by atoms with E-state index < -0.39 is 0 Å². The van der Waals surface area contributed by atoms with Crippen LogP contribution in [0.25, 0.3) is 0 Å². The summed E-state index contributed by atoms with van der Waals surface area (Å²) >= 11 is 0. The number of methoxy groups -OCH3 is 1. The number of nitrogens with zero attached hydrogens (tertiary/aromatic N) is 3. The Morgan fingerprint density at radius 1 is 1.10 bits per heavy atom. The summed E-state index contributed by atoms with van der Waals surface area (Å²) in [5.41, 5.74) is 0.840. The van der Waals surface area contributed by atoms with Crippen molar-refractivity contribution in [1.82, 2.24) is 15.3 Å². The molecule has 2 aliphatic rings. The van der Waals surface area contributed by atoms with Crippen LogP contribution >= 0.6 is 0 Å². The van der Waals surface area contributed by atoms with Crippen molar-refractivity contribution in [2.75, 3.05) is 23.9 Å². The third-order valence-corrected chi connectivity index (χ3v) is 5.78. The van der Waals surface area contributed by atoms with Crippen LogP contribution in [0.2, 0.25) is 0 Å². The van der Waals surface area contributed by atoms with Crippen molar-refractivity contribution in [3.8, 4) is 5.75 Å². The molecule has 7 heteroatoms. The Morgan fingerprint density at radius 3 is 2.76 bits per heavy atom. The Balaban J connectivity index is 1.47. The van der Waals surface area contributed by atoms with E-state index >= 15 is 0 Å². The third kappa shape index (κ3) is 4.60. The fraction of sp³-hybridized carbons (Fsp3) is 0.500. The second kappa shape index (κ2) is 9.11. The fourth-order valence-corrected chi connectivity index (χ4v) is 4.27. The van der Waals surface area contributed by atoms with Crippen molar-refractivity contribution >= 4 is 23.4 Å². The molecule has 1 aliphatic carbocycles. The van der Waals surface area contributed by atoms with E-state index in [-0.39, 0.29) is 11.9 Å². The highest BCUT2D eigenvalue weighted by Gasteiger charge is 2.33. The van der Waals surface area contributed by atoms with Gasteiger partial charge in [-0.3, -0.25) is 4.79 Å². The lowest BCUT2D eigenvalue weighted by Crippen LogP contribution is -2.48. The van der Waals surface area contributed by atoms with E-state index in [1.54, 1.807) is 13.3 Å². The maximum Gasteiger partial charge on any atom is 0.243 e.